The molecule has 0 aliphatic heterocycles. The number of hydrogen-bond donors (Lipinski definition) is 2. The Labute approximate surface area is 83.9 Å². The zero-order valence-corrected chi connectivity index (χ0v) is 8.45. The molecule has 1 aromatic heterocycles. The molecule has 2 rings (SSSR count). The highest BCUT2D eigenvalue weighted by Crippen LogP contribution is 2.28. The van der Waals surface area contributed by atoms with Gasteiger partial charge < -0.3 is 11.1 Å². The van der Waals surface area contributed by atoms with Crippen molar-refractivity contribution in [1.29, 1.82) is 0 Å². The maximum atomic E-state index is 5.67. The van der Waals surface area contributed by atoms with Gasteiger partial charge in [-0.05, 0) is 18.8 Å². The van der Waals surface area contributed by atoms with E-state index in [1.807, 2.05) is 6.92 Å². The first kappa shape index (κ1) is 9.24. The van der Waals surface area contributed by atoms with Crippen LogP contribution in [0.4, 0.5) is 11.6 Å². The Morgan fingerprint density at radius 1 is 1.50 bits per heavy atom. The monoisotopic (exact) mass is 192 g/mol. The minimum atomic E-state index is 0.551. The molecule has 0 amide bonds. The standard InChI is InChI=1S/C10H16N4/c1-2-9-13-8(11)5-10(14-9)12-6-7-3-4-7/h5,7H,2-4,6H2,1H3,(H3,11,12,13,14). The van der Waals surface area contributed by atoms with E-state index >= 15 is 0 Å². The number of nitrogens with two attached hydrogens (primary N) is 1. The molecule has 4 heteroatoms. The van der Waals surface area contributed by atoms with Gasteiger partial charge in [0.2, 0.25) is 0 Å². The highest BCUT2D eigenvalue weighted by molar-refractivity contribution is 5.44. The van der Waals surface area contributed by atoms with Crippen LogP contribution in [0.25, 0.3) is 0 Å². The van der Waals surface area contributed by atoms with E-state index in [0.29, 0.717) is 5.82 Å². The summed E-state index contributed by atoms with van der Waals surface area (Å²) < 4.78 is 0. The fraction of sp³-hybridized carbons (Fsp3) is 0.600. The van der Waals surface area contributed by atoms with Gasteiger partial charge in [0.05, 0.1) is 0 Å². The topological polar surface area (TPSA) is 63.8 Å². The summed E-state index contributed by atoms with van der Waals surface area (Å²) in [5, 5.41) is 3.29. The molecule has 1 aromatic rings. The molecule has 76 valence electrons. The molecule has 1 saturated carbocycles. The van der Waals surface area contributed by atoms with Gasteiger partial charge in [0, 0.05) is 19.0 Å². The number of nitrogens with zero attached hydrogens (tertiary/aromatic N) is 2. The van der Waals surface area contributed by atoms with Crippen molar-refractivity contribution in [3.63, 3.8) is 0 Å². The molecule has 4 nitrogen and oxygen atoms in total. The van der Waals surface area contributed by atoms with Gasteiger partial charge in [0.25, 0.3) is 0 Å². The largest absolute Gasteiger partial charge is 0.384 e. The first-order valence-corrected chi connectivity index (χ1v) is 5.15. The van der Waals surface area contributed by atoms with E-state index in [4.69, 9.17) is 5.73 Å². The van der Waals surface area contributed by atoms with Gasteiger partial charge in [-0.25, -0.2) is 9.97 Å². The Hall–Kier alpha value is -1.32. The highest BCUT2D eigenvalue weighted by atomic mass is 15.0. The third-order valence-corrected chi connectivity index (χ3v) is 2.38. The molecule has 0 saturated heterocycles. The summed E-state index contributed by atoms with van der Waals surface area (Å²) in [6.07, 6.45) is 3.51. The Balaban J connectivity index is 2.03. The number of aryl methyl sites for hydroxylation is 1. The average Bonchev–Trinajstić information content (AvgIpc) is 2.97. The second-order valence-electron chi connectivity index (χ2n) is 3.77. The van der Waals surface area contributed by atoms with Crippen molar-refractivity contribution in [2.75, 3.05) is 17.6 Å². The van der Waals surface area contributed by atoms with Crippen LogP contribution in [0.1, 0.15) is 25.6 Å². The number of nitrogen functional groups attached to an aromatic ring is 1. The van der Waals surface area contributed by atoms with E-state index in [9.17, 15) is 0 Å². The zero-order valence-electron chi connectivity index (χ0n) is 8.45. The lowest BCUT2D eigenvalue weighted by atomic mass is 10.4. The van der Waals surface area contributed by atoms with E-state index in [1.54, 1.807) is 6.07 Å². The summed E-state index contributed by atoms with van der Waals surface area (Å²) in [5.41, 5.74) is 5.67. The fourth-order valence-corrected chi connectivity index (χ4v) is 1.34. The number of aromatic nitrogens is 2. The summed E-state index contributed by atoms with van der Waals surface area (Å²) in [6, 6.07) is 1.79. The minimum Gasteiger partial charge on any atom is -0.384 e. The van der Waals surface area contributed by atoms with E-state index in [-0.39, 0.29) is 0 Å². The van der Waals surface area contributed by atoms with Crippen molar-refractivity contribution in [3.8, 4) is 0 Å². The Kier molecular flexibility index (Phi) is 2.52. The molecule has 0 spiro atoms. The lowest BCUT2D eigenvalue weighted by Gasteiger charge is -2.06. The molecule has 1 aliphatic carbocycles. The van der Waals surface area contributed by atoms with Crippen molar-refractivity contribution in [2.24, 2.45) is 5.92 Å². The van der Waals surface area contributed by atoms with Crippen molar-refractivity contribution >= 4 is 11.6 Å². The van der Waals surface area contributed by atoms with E-state index in [1.165, 1.54) is 12.8 Å². The highest BCUT2D eigenvalue weighted by Gasteiger charge is 2.20. The van der Waals surface area contributed by atoms with Crippen molar-refractivity contribution < 1.29 is 0 Å². The molecule has 3 N–H and O–H groups in total. The van der Waals surface area contributed by atoms with Gasteiger partial charge >= 0.3 is 0 Å². The molecule has 1 fully saturated rings. The van der Waals surface area contributed by atoms with Crippen LogP contribution >= 0.6 is 0 Å². The van der Waals surface area contributed by atoms with Crippen LogP contribution in [0.5, 0.6) is 0 Å². The summed E-state index contributed by atoms with van der Waals surface area (Å²) >= 11 is 0. The van der Waals surface area contributed by atoms with Crippen molar-refractivity contribution in [2.45, 2.75) is 26.2 Å². The second kappa shape index (κ2) is 3.82. The van der Waals surface area contributed by atoms with Crippen molar-refractivity contribution in [3.05, 3.63) is 11.9 Å². The lowest BCUT2D eigenvalue weighted by Crippen LogP contribution is -2.08. The molecule has 0 atom stereocenters. The maximum absolute atomic E-state index is 5.67. The van der Waals surface area contributed by atoms with Crippen LogP contribution < -0.4 is 11.1 Å². The molecule has 14 heavy (non-hydrogen) atoms. The van der Waals surface area contributed by atoms with Crippen molar-refractivity contribution in [1.82, 2.24) is 9.97 Å². The molecule has 1 heterocycles. The molecular weight excluding hydrogens is 176 g/mol. The van der Waals surface area contributed by atoms with Crippen LogP contribution in [0.2, 0.25) is 0 Å². The molecule has 0 unspecified atom stereocenters. The summed E-state index contributed by atoms with van der Waals surface area (Å²) in [7, 11) is 0. The van der Waals surface area contributed by atoms with Gasteiger partial charge in [-0.2, -0.15) is 0 Å². The number of rotatable bonds is 4. The minimum absolute atomic E-state index is 0.551. The molecule has 0 bridgehead atoms. The van der Waals surface area contributed by atoms with Gasteiger partial charge in [-0.1, -0.05) is 6.92 Å². The number of nitrogens with one attached hydrogen (secondary N) is 1. The fourth-order valence-electron chi connectivity index (χ4n) is 1.34. The number of hydrogen-bond acceptors (Lipinski definition) is 4. The Morgan fingerprint density at radius 3 is 2.93 bits per heavy atom. The van der Waals surface area contributed by atoms with Crippen LogP contribution in [-0.4, -0.2) is 16.5 Å². The predicted octanol–water partition coefficient (Wildman–Crippen LogP) is 1.44. The Morgan fingerprint density at radius 2 is 2.29 bits per heavy atom. The zero-order chi connectivity index (χ0) is 9.97. The quantitative estimate of drug-likeness (QED) is 0.757. The summed E-state index contributed by atoms with van der Waals surface area (Å²) in [6.45, 7) is 3.04. The lowest BCUT2D eigenvalue weighted by molar-refractivity contribution is 0.870. The van der Waals surface area contributed by atoms with Gasteiger partial charge in [-0.15, -0.1) is 0 Å². The van der Waals surface area contributed by atoms with E-state index in [0.717, 1.165) is 30.5 Å². The molecule has 0 radical (unpaired) electrons. The summed E-state index contributed by atoms with van der Waals surface area (Å²) in [5.74, 6) is 3.07. The second-order valence-corrected chi connectivity index (χ2v) is 3.77. The van der Waals surface area contributed by atoms with E-state index < -0.39 is 0 Å². The third-order valence-electron chi connectivity index (χ3n) is 2.38. The van der Waals surface area contributed by atoms with Crippen LogP contribution in [-0.2, 0) is 6.42 Å². The van der Waals surface area contributed by atoms with Crippen LogP contribution in [0.3, 0.4) is 0 Å². The average molecular weight is 192 g/mol. The first-order chi connectivity index (χ1) is 6.78. The number of anilines is 2. The Bertz CT molecular complexity index is 320. The smallest absolute Gasteiger partial charge is 0.132 e. The molecule has 1 aliphatic rings. The normalized spacial score (nSPS) is 15.5. The first-order valence-electron chi connectivity index (χ1n) is 5.15. The molecular formula is C10H16N4. The van der Waals surface area contributed by atoms with Gasteiger partial charge in [-0.3, -0.25) is 0 Å². The summed E-state index contributed by atoms with van der Waals surface area (Å²) in [4.78, 5) is 8.47. The van der Waals surface area contributed by atoms with Crippen LogP contribution in [0, 0.1) is 5.92 Å². The third kappa shape index (κ3) is 2.34. The van der Waals surface area contributed by atoms with E-state index in [2.05, 4.69) is 15.3 Å². The predicted molar refractivity (Wildman–Crippen MR) is 57.0 cm³/mol. The molecule has 0 aromatic carbocycles. The van der Waals surface area contributed by atoms with Gasteiger partial charge in [0.15, 0.2) is 0 Å². The van der Waals surface area contributed by atoms with Gasteiger partial charge in [0.1, 0.15) is 17.5 Å². The maximum Gasteiger partial charge on any atom is 0.132 e. The van der Waals surface area contributed by atoms with Crippen LogP contribution in [0.15, 0.2) is 6.07 Å². The SMILES string of the molecule is CCc1nc(N)cc(NCC2CC2)n1.